The minimum absolute atomic E-state index is 0.0515. The lowest BCUT2D eigenvalue weighted by Crippen LogP contribution is -2.45. The van der Waals surface area contributed by atoms with Crippen LogP contribution in [0.2, 0.25) is 0 Å². The van der Waals surface area contributed by atoms with Crippen molar-refractivity contribution in [3.8, 4) is 0 Å². The maximum atomic E-state index is 14.4. The van der Waals surface area contributed by atoms with E-state index in [1.165, 1.54) is 25.0 Å². The highest BCUT2D eigenvalue weighted by Crippen LogP contribution is 2.44. The Balaban J connectivity index is 1.13. The van der Waals surface area contributed by atoms with Crippen molar-refractivity contribution in [2.75, 3.05) is 31.5 Å². The van der Waals surface area contributed by atoms with Gasteiger partial charge in [-0.15, -0.1) is 0 Å². The van der Waals surface area contributed by atoms with Gasteiger partial charge in [-0.05, 0) is 110 Å². The van der Waals surface area contributed by atoms with E-state index >= 15 is 0 Å². The number of amides is 2. The average molecular weight is 836 g/mol. The van der Waals surface area contributed by atoms with Crippen LogP contribution in [-0.4, -0.2) is 72.0 Å². The smallest absolute Gasteiger partial charge is 0.256 e. The normalized spacial score (nSPS) is 15.3. The molecule has 1 aromatic heterocycles. The average Bonchev–Trinajstić information content (AvgIpc) is 3.97. The maximum Gasteiger partial charge on any atom is 0.256 e. The number of fused-ring (bicyclic) bond motifs is 1. The second-order valence-electron chi connectivity index (χ2n) is 15.7. The molecule has 0 unspecified atom stereocenters. The molecule has 2 saturated heterocycles. The van der Waals surface area contributed by atoms with Gasteiger partial charge in [-0.3, -0.25) is 9.59 Å². The number of aromatic nitrogens is 2. The van der Waals surface area contributed by atoms with Gasteiger partial charge in [0.1, 0.15) is 17.2 Å². The van der Waals surface area contributed by atoms with Gasteiger partial charge < -0.3 is 15.1 Å². The summed E-state index contributed by atoms with van der Waals surface area (Å²) in [5.41, 5.74) is 2.55. The number of nitrogens with one attached hydrogen (secondary N) is 1. The lowest BCUT2D eigenvalue weighted by molar-refractivity contribution is 0.0644. The van der Waals surface area contributed by atoms with Gasteiger partial charge in [0, 0.05) is 41.7 Å². The van der Waals surface area contributed by atoms with Crippen LogP contribution in [0, 0.1) is 11.6 Å². The van der Waals surface area contributed by atoms with Gasteiger partial charge in [-0.25, -0.2) is 21.9 Å². The Bertz CT molecular complexity index is 2710. The van der Waals surface area contributed by atoms with Crippen LogP contribution in [0.1, 0.15) is 63.1 Å². The van der Waals surface area contributed by atoms with Crippen LogP contribution in [0.15, 0.2) is 161 Å². The van der Waals surface area contributed by atoms with E-state index in [2.05, 4.69) is 10.2 Å². The Morgan fingerprint density at radius 3 is 1.69 bits per heavy atom. The molecule has 0 saturated carbocycles. The van der Waals surface area contributed by atoms with Gasteiger partial charge in [0.2, 0.25) is 9.84 Å². The Labute approximate surface area is 353 Å². The van der Waals surface area contributed by atoms with Crippen LogP contribution in [0.5, 0.6) is 0 Å². The summed E-state index contributed by atoms with van der Waals surface area (Å²) in [4.78, 5) is 31.4. The number of halogens is 2. The molecule has 0 radical (unpaired) electrons. The fraction of sp³-hybridized carbons (Fsp3) is 0.204. The van der Waals surface area contributed by atoms with E-state index in [0.717, 1.165) is 54.8 Å². The minimum Gasteiger partial charge on any atom is -0.339 e. The zero-order chi connectivity index (χ0) is 42.1. The summed E-state index contributed by atoms with van der Waals surface area (Å²) in [5.74, 6) is -2.64. The highest BCUT2D eigenvalue weighted by molar-refractivity contribution is 7.91. The number of rotatable bonds is 10. The molecule has 7 aromatic rings. The standard InChI is InChI=1S/C49H43F2N5O4S/c50-39-30-40(51)32-43(31-39)61(59,60)42-22-23-45-44(33-42)46(52-47(57)34-18-20-35(21-19-34)48(58)55-28-24-41(25-29-55)54-26-10-11-27-54)53-56(45)49(36-12-4-1-5-13-36,37-14-6-2-7-15-37)38-16-8-3-9-17-38/h1-9,12-23,30-33,41H,10-11,24-29H2,(H,52,53,57). The van der Waals surface area contributed by atoms with Crippen LogP contribution in [0.25, 0.3) is 10.9 Å². The van der Waals surface area contributed by atoms with E-state index in [4.69, 9.17) is 5.10 Å². The van der Waals surface area contributed by atoms with Crippen LogP contribution in [0.3, 0.4) is 0 Å². The molecule has 2 aliphatic heterocycles. The molecule has 1 N–H and O–H groups in total. The molecule has 0 aliphatic carbocycles. The lowest BCUT2D eigenvalue weighted by Gasteiger charge is -2.37. The van der Waals surface area contributed by atoms with Crippen molar-refractivity contribution >= 4 is 38.4 Å². The number of carbonyl (C=O) groups is 2. The highest BCUT2D eigenvalue weighted by Gasteiger charge is 2.41. The molecule has 0 atom stereocenters. The number of nitrogens with zero attached hydrogens (tertiary/aromatic N) is 4. The summed E-state index contributed by atoms with van der Waals surface area (Å²) in [6, 6.07) is 42.7. The Kier molecular flexibility index (Phi) is 10.8. The fourth-order valence-electron chi connectivity index (χ4n) is 9.00. The molecule has 0 spiro atoms. The van der Waals surface area contributed by atoms with Crippen molar-refractivity contribution in [3.05, 3.63) is 191 Å². The monoisotopic (exact) mass is 835 g/mol. The summed E-state index contributed by atoms with van der Waals surface area (Å²) < 4.78 is 58.5. The maximum absolute atomic E-state index is 14.4. The Hall–Kier alpha value is -6.50. The Morgan fingerprint density at radius 1 is 0.623 bits per heavy atom. The molecule has 2 amide bonds. The van der Waals surface area contributed by atoms with E-state index in [1.807, 2.05) is 95.9 Å². The van der Waals surface area contributed by atoms with Gasteiger partial charge in [0.05, 0.1) is 15.3 Å². The number of sulfone groups is 1. The largest absolute Gasteiger partial charge is 0.339 e. The van der Waals surface area contributed by atoms with Gasteiger partial charge in [-0.2, -0.15) is 5.10 Å². The van der Waals surface area contributed by atoms with Gasteiger partial charge in [0.25, 0.3) is 11.8 Å². The number of likely N-dealkylation sites (tertiary alicyclic amines) is 2. The van der Waals surface area contributed by atoms with Crippen molar-refractivity contribution in [2.24, 2.45) is 0 Å². The lowest BCUT2D eigenvalue weighted by atomic mass is 9.77. The summed E-state index contributed by atoms with van der Waals surface area (Å²) in [6.45, 7) is 3.62. The van der Waals surface area contributed by atoms with Crippen molar-refractivity contribution < 1.29 is 26.8 Å². The molecule has 9 nitrogen and oxygen atoms in total. The number of hydrogen-bond donors (Lipinski definition) is 1. The van der Waals surface area contributed by atoms with Crippen LogP contribution in [0.4, 0.5) is 14.6 Å². The van der Waals surface area contributed by atoms with Crippen LogP contribution >= 0.6 is 0 Å². The zero-order valence-corrected chi connectivity index (χ0v) is 34.1. The summed E-state index contributed by atoms with van der Waals surface area (Å²) in [5, 5.41) is 8.34. The number of piperidine rings is 1. The number of carbonyl (C=O) groups excluding carboxylic acids is 2. The van der Waals surface area contributed by atoms with E-state index in [0.29, 0.717) is 36.3 Å². The first kappa shape index (κ1) is 39.9. The third kappa shape index (κ3) is 7.51. The number of benzene rings is 6. The molecule has 61 heavy (non-hydrogen) atoms. The first-order valence-corrected chi connectivity index (χ1v) is 22.0. The third-order valence-electron chi connectivity index (χ3n) is 12.0. The second-order valence-corrected chi connectivity index (χ2v) is 17.6. The SMILES string of the molecule is O=C(Nc1nn(C(c2ccccc2)(c2ccccc2)c2ccccc2)c2ccc(S(=O)(=O)c3cc(F)cc(F)c3)cc12)c1ccc(C(=O)N2CCC(N3CCCC3)CC2)cc1. The predicted molar refractivity (Wildman–Crippen MR) is 230 cm³/mol. The summed E-state index contributed by atoms with van der Waals surface area (Å²) in [6.07, 6.45) is 4.34. The van der Waals surface area contributed by atoms with Gasteiger partial charge >= 0.3 is 0 Å². The first-order valence-electron chi connectivity index (χ1n) is 20.5. The minimum atomic E-state index is -4.45. The summed E-state index contributed by atoms with van der Waals surface area (Å²) in [7, 11) is -4.45. The van der Waals surface area contributed by atoms with Crippen molar-refractivity contribution in [3.63, 3.8) is 0 Å². The number of anilines is 1. The van der Waals surface area contributed by atoms with Gasteiger partial charge in [-0.1, -0.05) is 91.0 Å². The molecule has 12 heteroatoms. The Morgan fingerprint density at radius 2 is 1.15 bits per heavy atom. The predicted octanol–water partition coefficient (Wildman–Crippen LogP) is 8.94. The molecule has 3 heterocycles. The topological polar surface area (TPSA) is 105 Å². The van der Waals surface area contributed by atoms with Crippen molar-refractivity contribution in [2.45, 2.75) is 47.1 Å². The molecular weight excluding hydrogens is 793 g/mol. The molecule has 2 aliphatic rings. The van der Waals surface area contributed by atoms with E-state index in [-0.39, 0.29) is 27.6 Å². The van der Waals surface area contributed by atoms with Crippen LogP contribution < -0.4 is 5.32 Å². The van der Waals surface area contributed by atoms with Crippen LogP contribution in [-0.2, 0) is 15.4 Å². The van der Waals surface area contributed by atoms with E-state index in [1.54, 1.807) is 35.0 Å². The van der Waals surface area contributed by atoms with Crippen molar-refractivity contribution in [1.82, 2.24) is 19.6 Å². The zero-order valence-electron chi connectivity index (χ0n) is 33.3. The van der Waals surface area contributed by atoms with E-state index < -0.39 is 37.8 Å². The highest BCUT2D eigenvalue weighted by atomic mass is 32.2. The molecule has 0 bridgehead atoms. The molecule has 6 aromatic carbocycles. The molecule has 9 rings (SSSR count). The summed E-state index contributed by atoms with van der Waals surface area (Å²) >= 11 is 0. The second kappa shape index (κ2) is 16.5. The van der Waals surface area contributed by atoms with E-state index in [9.17, 15) is 26.8 Å². The fourth-order valence-corrected chi connectivity index (χ4v) is 10.3. The quantitative estimate of drug-likeness (QED) is 0.138. The van der Waals surface area contributed by atoms with Gasteiger partial charge in [0.15, 0.2) is 5.82 Å². The van der Waals surface area contributed by atoms with Crippen molar-refractivity contribution in [1.29, 1.82) is 0 Å². The molecular formula is C49H43F2N5O4S. The first-order chi connectivity index (χ1) is 29.6. The number of hydrogen-bond acceptors (Lipinski definition) is 6. The molecule has 308 valence electrons. The third-order valence-corrected chi connectivity index (χ3v) is 13.8. The molecule has 2 fully saturated rings.